The monoisotopic (exact) mass is 360 g/mol. The van der Waals surface area contributed by atoms with Gasteiger partial charge in [-0.15, -0.1) is 0 Å². The minimum absolute atomic E-state index is 0.254. The second-order valence-corrected chi connectivity index (χ2v) is 9.48. The standard InChI is InChI=1S/C25H28S/c1-24(2,3)25(16-14-19-15-17-26-18-19)22(20-10-6-4-7-11-20)23(25)21-12-8-5-9-13-21/h4-13,15,17-18,22-23H,14,16H2,1-3H3. The minimum atomic E-state index is 0.254. The van der Waals surface area contributed by atoms with E-state index in [1.807, 2.05) is 11.3 Å². The van der Waals surface area contributed by atoms with E-state index in [-0.39, 0.29) is 5.41 Å². The van der Waals surface area contributed by atoms with Crippen molar-refractivity contribution in [3.8, 4) is 0 Å². The second-order valence-electron chi connectivity index (χ2n) is 8.70. The average Bonchev–Trinajstić information content (AvgIpc) is 3.06. The molecule has 1 heteroatoms. The van der Waals surface area contributed by atoms with Gasteiger partial charge in [-0.3, -0.25) is 0 Å². The van der Waals surface area contributed by atoms with Crippen LogP contribution >= 0.6 is 11.3 Å². The van der Waals surface area contributed by atoms with Gasteiger partial charge in [0.1, 0.15) is 0 Å². The van der Waals surface area contributed by atoms with E-state index < -0.39 is 0 Å². The highest BCUT2D eigenvalue weighted by atomic mass is 32.1. The zero-order valence-electron chi connectivity index (χ0n) is 16.0. The topological polar surface area (TPSA) is 0 Å². The molecule has 1 saturated carbocycles. The lowest BCUT2D eigenvalue weighted by Gasteiger charge is -2.34. The Morgan fingerprint density at radius 2 is 1.35 bits per heavy atom. The summed E-state index contributed by atoms with van der Waals surface area (Å²) >= 11 is 1.81. The maximum Gasteiger partial charge on any atom is -0.00195 e. The molecule has 0 radical (unpaired) electrons. The van der Waals surface area contributed by atoms with Gasteiger partial charge in [-0.2, -0.15) is 11.3 Å². The Labute approximate surface area is 161 Å². The van der Waals surface area contributed by atoms with Crippen molar-refractivity contribution in [1.82, 2.24) is 0 Å². The van der Waals surface area contributed by atoms with E-state index in [9.17, 15) is 0 Å². The Bertz CT molecular complexity index is 779. The molecule has 2 atom stereocenters. The van der Waals surface area contributed by atoms with Gasteiger partial charge in [0.2, 0.25) is 0 Å². The molecule has 134 valence electrons. The van der Waals surface area contributed by atoms with Crippen molar-refractivity contribution in [3.05, 3.63) is 94.2 Å². The Morgan fingerprint density at radius 3 is 1.77 bits per heavy atom. The lowest BCUT2D eigenvalue weighted by molar-refractivity contribution is 0.183. The summed E-state index contributed by atoms with van der Waals surface area (Å²) in [6.45, 7) is 7.33. The van der Waals surface area contributed by atoms with Crippen LogP contribution in [0, 0.1) is 10.8 Å². The maximum absolute atomic E-state index is 2.44. The molecule has 1 heterocycles. The molecule has 0 spiro atoms. The van der Waals surface area contributed by atoms with Crippen molar-refractivity contribution in [2.45, 2.75) is 45.4 Å². The summed E-state index contributed by atoms with van der Waals surface area (Å²) in [5.74, 6) is 1.20. The van der Waals surface area contributed by atoms with Crippen LogP contribution in [0.25, 0.3) is 0 Å². The van der Waals surface area contributed by atoms with Gasteiger partial charge in [-0.05, 0) is 69.0 Å². The van der Waals surface area contributed by atoms with E-state index in [2.05, 4.69) is 98.3 Å². The van der Waals surface area contributed by atoms with E-state index in [0.29, 0.717) is 17.3 Å². The first-order chi connectivity index (χ1) is 12.5. The fourth-order valence-corrected chi connectivity index (χ4v) is 5.85. The van der Waals surface area contributed by atoms with Crippen LogP contribution in [0.5, 0.6) is 0 Å². The van der Waals surface area contributed by atoms with Crippen molar-refractivity contribution < 1.29 is 0 Å². The highest BCUT2D eigenvalue weighted by molar-refractivity contribution is 7.07. The zero-order valence-corrected chi connectivity index (χ0v) is 16.8. The third-order valence-corrected chi connectivity index (χ3v) is 7.19. The normalized spacial score (nSPS) is 25.2. The summed E-state index contributed by atoms with van der Waals surface area (Å²) in [6, 6.07) is 24.7. The summed E-state index contributed by atoms with van der Waals surface area (Å²) < 4.78 is 0. The van der Waals surface area contributed by atoms with Crippen LogP contribution < -0.4 is 0 Å². The molecule has 1 fully saturated rings. The number of hydrogen-bond donors (Lipinski definition) is 0. The molecule has 2 unspecified atom stereocenters. The summed E-state index contributed by atoms with van der Waals surface area (Å²) in [6.07, 6.45) is 2.42. The summed E-state index contributed by atoms with van der Waals surface area (Å²) in [5.41, 5.74) is 5.05. The van der Waals surface area contributed by atoms with E-state index in [1.54, 1.807) is 0 Å². The first kappa shape index (κ1) is 17.5. The molecule has 0 N–H and O–H groups in total. The Morgan fingerprint density at radius 1 is 0.808 bits per heavy atom. The van der Waals surface area contributed by atoms with Crippen LogP contribution in [-0.2, 0) is 6.42 Å². The molecule has 1 aromatic heterocycles. The third-order valence-electron chi connectivity index (χ3n) is 6.46. The SMILES string of the molecule is CC(C)(C)C1(CCc2ccsc2)C(c2ccccc2)C1c1ccccc1. The number of rotatable bonds is 5. The summed E-state index contributed by atoms with van der Waals surface area (Å²) in [4.78, 5) is 0. The molecule has 0 aliphatic heterocycles. The Hall–Kier alpha value is -1.86. The highest BCUT2D eigenvalue weighted by Gasteiger charge is 2.69. The molecular formula is C25H28S. The van der Waals surface area contributed by atoms with Crippen LogP contribution in [0.3, 0.4) is 0 Å². The molecule has 0 nitrogen and oxygen atoms in total. The van der Waals surface area contributed by atoms with Crippen LogP contribution in [0.1, 0.15) is 55.7 Å². The van der Waals surface area contributed by atoms with E-state index in [0.717, 1.165) is 0 Å². The molecule has 0 amide bonds. The van der Waals surface area contributed by atoms with E-state index in [1.165, 1.54) is 29.5 Å². The molecule has 1 aliphatic carbocycles. The lowest BCUT2D eigenvalue weighted by Crippen LogP contribution is -2.26. The van der Waals surface area contributed by atoms with Crippen molar-refractivity contribution in [2.24, 2.45) is 10.8 Å². The minimum Gasteiger partial charge on any atom is -0.152 e. The first-order valence-corrected chi connectivity index (χ1v) is 10.6. The second kappa shape index (κ2) is 6.70. The molecular weight excluding hydrogens is 332 g/mol. The molecule has 0 bridgehead atoms. The highest BCUT2D eigenvalue weighted by Crippen LogP contribution is 2.78. The van der Waals surface area contributed by atoms with Crippen LogP contribution in [0.4, 0.5) is 0 Å². The smallest absolute Gasteiger partial charge is 0.00195 e. The van der Waals surface area contributed by atoms with Crippen molar-refractivity contribution in [2.75, 3.05) is 0 Å². The van der Waals surface area contributed by atoms with Gasteiger partial charge in [-0.25, -0.2) is 0 Å². The molecule has 3 aromatic rings. The van der Waals surface area contributed by atoms with Crippen molar-refractivity contribution in [3.63, 3.8) is 0 Å². The Kier molecular flexibility index (Phi) is 4.52. The van der Waals surface area contributed by atoms with Gasteiger partial charge in [-0.1, -0.05) is 81.4 Å². The predicted octanol–water partition coefficient (Wildman–Crippen LogP) is 7.29. The van der Waals surface area contributed by atoms with Crippen molar-refractivity contribution in [1.29, 1.82) is 0 Å². The number of hydrogen-bond acceptors (Lipinski definition) is 1. The third kappa shape index (κ3) is 2.93. The lowest BCUT2D eigenvalue weighted by atomic mass is 9.70. The van der Waals surface area contributed by atoms with Crippen LogP contribution in [0.2, 0.25) is 0 Å². The first-order valence-electron chi connectivity index (χ1n) is 9.65. The summed E-state index contributed by atoms with van der Waals surface area (Å²) in [5, 5.41) is 4.52. The molecule has 1 aliphatic rings. The van der Waals surface area contributed by atoms with Gasteiger partial charge in [0.25, 0.3) is 0 Å². The molecule has 0 saturated heterocycles. The van der Waals surface area contributed by atoms with Crippen LogP contribution in [-0.4, -0.2) is 0 Å². The van der Waals surface area contributed by atoms with Crippen LogP contribution in [0.15, 0.2) is 77.5 Å². The molecule has 4 rings (SSSR count). The zero-order chi connectivity index (χ0) is 18.2. The largest absolute Gasteiger partial charge is 0.152 e. The van der Waals surface area contributed by atoms with Gasteiger partial charge in [0.05, 0.1) is 0 Å². The summed E-state index contributed by atoms with van der Waals surface area (Å²) in [7, 11) is 0. The Balaban J connectivity index is 1.75. The van der Waals surface area contributed by atoms with Gasteiger partial charge >= 0.3 is 0 Å². The number of aryl methyl sites for hydroxylation is 1. The van der Waals surface area contributed by atoms with Gasteiger partial charge in [0, 0.05) is 0 Å². The fraction of sp³-hybridized carbons (Fsp3) is 0.360. The maximum atomic E-state index is 2.44. The van der Waals surface area contributed by atoms with Gasteiger partial charge in [0.15, 0.2) is 0 Å². The average molecular weight is 361 g/mol. The van der Waals surface area contributed by atoms with E-state index >= 15 is 0 Å². The van der Waals surface area contributed by atoms with E-state index in [4.69, 9.17) is 0 Å². The fourth-order valence-electron chi connectivity index (χ4n) is 5.15. The number of thiophene rings is 1. The predicted molar refractivity (Wildman–Crippen MR) is 113 cm³/mol. The quantitative estimate of drug-likeness (QED) is 0.448. The van der Waals surface area contributed by atoms with Crippen molar-refractivity contribution >= 4 is 11.3 Å². The molecule has 26 heavy (non-hydrogen) atoms. The molecule has 2 aromatic carbocycles. The number of benzene rings is 2. The van der Waals surface area contributed by atoms with Gasteiger partial charge < -0.3 is 0 Å².